The van der Waals surface area contributed by atoms with Crippen LogP contribution < -0.4 is 0 Å². The van der Waals surface area contributed by atoms with Crippen molar-refractivity contribution in [1.82, 2.24) is 14.5 Å². The summed E-state index contributed by atoms with van der Waals surface area (Å²) in [5, 5.41) is 2.38. The SMILES string of the molecule is CC(C)Cn1c(CN(CC2CCCO2)C(=O)c2cccs2)cnc1S(=O)(=O)Cc1cccc(Cl)c1. The summed E-state index contributed by atoms with van der Waals surface area (Å²) < 4.78 is 34.3. The Morgan fingerprint density at radius 2 is 2.14 bits per heavy atom. The molecule has 1 atom stereocenters. The van der Waals surface area contributed by atoms with Gasteiger partial charge in [0.05, 0.1) is 35.2 Å². The Hall–Kier alpha value is -2.20. The molecule has 7 nitrogen and oxygen atoms in total. The number of hydrogen-bond acceptors (Lipinski definition) is 6. The summed E-state index contributed by atoms with van der Waals surface area (Å²) in [4.78, 5) is 20.1. The van der Waals surface area contributed by atoms with Gasteiger partial charge in [0, 0.05) is 24.7 Å². The Morgan fingerprint density at radius 1 is 1.31 bits per heavy atom. The quantitative estimate of drug-likeness (QED) is 0.363. The summed E-state index contributed by atoms with van der Waals surface area (Å²) in [6.07, 6.45) is 3.44. The Bertz CT molecular complexity index is 1250. The number of nitrogens with zero attached hydrogens (tertiary/aromatic N) is 3. The zero-order valence-corrected chi connectivity index (χ0v) is 22.3. The van der Waals surface area contributed by atoms with Gasteiger partial charge in [-0.1, -0.05) is 43.6 Å². The molecular formula is C25H30ClN3O4S2. The van der Waals surface area contributed by atoms with Crippen LogP contribution in [0, 0.1) is 5.92 Å². The van der Waals surface area contributed by atoms with Crippen molar-refractivity contribution in [1.29, 1.82) is 0 Å². The molecule has 1 fully saturated rings. The van der Waals surface area contributed by atoms with Crippen LogP contribution in [0.2, 0.25) is 5.02 Å². The highest BCUT2D eigenvalue weighted by Crippen LogP contribution is 2.24. The van der Waals surface area contributed by atoms with Gasteiger partial charge in [-0.25, -0.2) is 13.4 Å². The number of amides is 1. The number of hydrogen-bond donors (Lipinski definition) is 0. The summed E-state index contributed by atoms with van der Waals surface area (Å²) in [6, 6.07) is 10.5. The standard InChI is InChI=1S/C25H30ClN3O4S2/c1-18(2)14-29-21(13-27-25(29)35(31,32)17-19-6-3-7-20(26)12-19)15-28(16-22-8-4-10-33-22)24(30)23-9-5-11-34-23/h3,5-7,9,11-13,18,22H,4,8,10,14-17H2,1-2H3. The first kappa shape index (κ1) is 25.9. The molecule has 3 heterocycles. The smallest absolute Gasteiger partial charge is 0.264 e. The fourth-order valence-electron chi connectivity index (χ4n) is 4.24. The molecule has 1 aliphatic rings. The van der Waals surface area contributed by atoms with E-state index < -0.39 is 9.84 Å². The van der Waals surface area contributed by atoms with E-state index in [1.165, 1.54) is 11.3 Å². The number of thiophene rings is 1. The summed E-state index contributed by atoms with van der Waals surface area (Å²) >= 11 is 7.45. The topological polar surface area (TPSA) is 81.5 Å². The molecule has 0 saturated carbocycles. The van der Waals surface area contributed by atoms with Crippen molar-refractivity contribution in [2.24, 2.45) is 5.92 Å². The van der Waals surface area contributed by atoms with Gasteiger partial charge in [-0.15, -0.1) is 11.3 Å². The molecule has 188 valence electrons. The fraction of sp³-hybridized carbons (Fsp3) is 0.440. The van der Waals surface area contributed by atoms with Crippen LogP contribution in [0.4, 0.5) is 0 Å². The van der Waals surface area contributed by atoms with Crippen LogP contribution in [-0.4, -0.2) is 48.0 Å². The Kier molecular flexibility index (Phi) is 8.31. The van der Waals surface area contributed by atoms with Gasteiger partial charge < -0.3 is 14.2 Å². The van der Waals surface area contributed by atoms with E-state index in [0.717, 1.165) is 12.8 Å². The largest absolute Gasteiger partial charge is 0.376 e. The lowest BCUT2D eigenvalue weighted by Gasteiger charge is -2.26. The number of aromatic nitrogens is 2. The summed E-state index contributed by atoms with van der Waals surface area (Å²) in [5.41, 5.74) is 1.29. The van der Waals surface area contributed by atoms with E-state index in [9.17, 15) is 13.2 Å². The zero-order valence-electron chi connectivity index (χ0n) is 19.9. The van der Waals surface area contributed by atoms with E-state index in [4.69, 9.17) is 16.3 Å². The molecule has 2 aromatic heterocycles. The highest BCUT2D eigenvalue weighted by Gasteiger charge is 2.28. The van der Waals surface area contributed by atoms with Gasteiger partial charge in [0.2, 0.25) is 15.0 Å². The molecule has 1 aromatic carbocycles. The summed E-state index contributed by atoms with van der Waals surface area (Å²) in [6.45, 7) is 5.93. The van der Waals surface area contributed by atoms with Crippen LogP contribution in [0.1, 0.15) is 47.6 Å². The first-order valence-electron chi connectivity index (χ1n) is 11.7. The number of rotatable bonds is 10. The molecule has 0 radical (unpaired) electrons. The predicted octanol–water partition coefficient (Wildman–Crippen LogP) is 5.05. The van der Waals surface area contributed by atoms with Gasteiger partial charge in [0.15, 0.2) is 0 Å². The highest BCUT2D eigenvalue weighted by atomic mass is 35.5. The first-order valence-corrected chi connectivity index (χ1v) is 14.6. The van der Waals surface area contributed by atoms with Crippen LogP contribution >= 0.6 is 22.9 Å². The second kappa shape index (κ2) is 11.2. The molecular weight excluding hydrogens is 506 g/mol. The number of carbonyl (C=O) groups is 1. The highest BCUT2D eigenvalue weighted by molar-refractivity contribution is 7.90. The predicted molar refractivity (Wildman–Crippen MR) is 137 cm³/mol. The van der Waals surface area contributed by atoms with Crippen LogP contribution in [-0.2, 0) is 33.4 Å². The van der Waals surface area contributed by atoms with E-state index in [-0.39, 0.29) is 35.4 Å². The summed E-state index contributed by atoms with van der Waals surface area (Å²) in [5.74, 6) is -0.102. The number of sulfone groups is 1. The molecule has 0 N–H and O–H groups in total. The van der Waals surface area contributed by atoms with Crippen LogP contribution in [0.25, 0.3) is 0 Å². The Morgan fingerprint density at radius 3 is 2.80 bits per heavy atom. The van der Waals surface area contributed by atoms with E-state index in [1.54, 1.807) is 39.9 Å². The monoisotopic (exact) mass is 535 g/mol. The molecule has 0 spiro atoms. The lowest BCUT2D eigenvalue weighted by Crippen LogP contribution is -2.37. The van der Waals surface area contributed by atoms with E-state index >= 15 is 0 Å². The second-order valence-electron chi connectivity index (χ2n) is 9.22. The van der Waals surface area contributed by atoms with E-state index in [1.807, 2.05) is 31.4 Å². The third kappa shape index (κ3) is 6.52. The molecule has 3 aromatic rings. The summed E-state index contributed by atoms with van der Waals surface area (Å²) in [7, 11) is -3.74. The third-order valence-electron chi connectivity index (χ3n) is 5.79. The van der Waals surface area contributed by atoms with Crippen molar-refractivity contribution in [2.75, 3.05) is 13.2 Å². The lowest BCUT2D eigenvalue weighted by atomic mass is 10.2. The average molecular weight is 536 g/mol. The minimum Gasteiger partial charge on any atom is -0.376 e. The number of halogens is 1. The average Bonchev–Trinajstić information content (AvgIpc) is 3.55. The fourth-order valence-corrected chi connectivity index (χ4v) is 6.63. The molecule has 35 heavy (non-hydrogen) atoms. The van der Waals surface area contributed by atoms with E-state index in [0.29, 0.717) is 40.9 Å². The maximum absolute atomic E-state index is 13.4. The molecule has 1 saturated heterocycles. The van der Waals surface area contributed by atoms with Crippen molar-refractivity contribution in [3.8, 4) is 0 Å². The molecule has 0 aliphatic carbocycles. The van der Waals surface area contributed by atoms with Crippen molar-refractivity contribution in [3.05, 3.63) is 69.1 Å². The van der Waals surface area contributed by atoms with Gasteiger partial charge in [-0.2, -0.15) is 0 Å². The maximum atomic E-state index is 13.4. The molecule has 1 amide bonds. The van der Waals surface area contributed by atoms with Crippen molar-refractivity contribution >= 4 is 38.7 Å². The van der Waals surface area contributed by atoms with Crippen LogP contribution in [0.5, 0.6) is 0 Å². The second-order valence-corrected chi connectivity index (χ2v) is 12.5. The number of carbonyl (C=O) groups excluding carboxylic acids is 1. The van der Waals surface area contributed by atoms with Gasteiger partial charge in [-0.3, -0.25) is 4.79 Å². The first-order chi connectivity index (χ1) is 16.7. The molecule has 0 bridgehead atoms. The number of imidazole rings is 1. The lowest BCUT2D eigenvalue weighted by molar-refractivity contribution is 0.0504. The van der Waals surface area contributed by atoms with Gasteiger partial charge in [0.25, 0.3) is 5.91 Å². The number of benzene rings is 1. The number of ether oxygens (including phenoxy) is 1. The molecule has 1 unspecified atom stereocenters. The molecule has 4 rings (SSSR count). The van der Waals surface area contributed by atoms with Crippen LogP contribution in [0.3, 0.4) is 0 Å². The van der Waals surface area contributed by atoms with Gasteiger partial charge in [0.1, 0.15) is 0 Å². The third-order valence-corrected chi connectivity index (χ3v) is 8.48. The van der Waals surface area contributed by atoms with Crippen molar-refractivity contribution < 1.29 is 17.9 Å². The zero-order chi connectivity index (χ0) is 25.0. The maximum Gasteiger partial charge on any atom is 0.264 e. The van der Waals surface area contributed by atoms with Crippen LogP contribution in [0.15, 0.2) is 53.1 Å². The van der Waals surface area contributed by atoms with Crippen molar-refractivity contribution in [3.63, 3.8) is 0 Å². The Balaban J connectivity index is 1.65. The minimum atomic E-state index is -3.74. The van der Waals surface area contributed by atoms with Crippen molar-refractivity contribution in [2.45, 2.75) is 56.8 Å². The minimum absolute atomic E-state index is 0.0156. The van der Waals surface area contributed by atoms with Gasteiger partial charge in [-0.05, 0) is 47.9 Å². The Labute approximate surface area is 215 Å². The normalized spacial score (nSPS) is 16.2. The molecule has 1 aliphatic heterocycles. The van der Waals surface area contributed by atoms with E-state index in [2.05, 4.69) is 4.98 Å². The molecule has 10 heteroatoms. The van der Waals surface area contributed by atoms with Gasteiger partial charge >= 0.3 is 0 Å².